The van der Waals surface area contributed by atoms with Crippen molar-refractivity contribution in [3.63, 3.8) is 0 Å². The van der Waals surface area contributed by atoms with Gasteiger partial charge in [-0.25, -0.2) is 0 Å². The Morgan fingerprint density at radius 3 is 3.12 bits per heavy atom. The van der Waals surface area contributed by atoms with E-state index in [1.165, 1.54) is 0 Å². The van der Waals surface area contributed by atoms with Crippen molar-refractivity contribution in [1.29, 1.82) is 0 Å². The minimum absolute atomic E-state index is 0.965. The van der Waals surface area contributed by atoms with Gasteiger partial charge in [-0.15, -0.1) is 10.2 Å². The summed E-state index contributed by atoms with van der Waals surface area (Å²) >= 11 is 0. The molecule has 1 radical (unpaired) electrons. The van der Waals surface area contributed by atoms with E-state index in [0.29, 0.717) is 0 Å². The summed E-state index contributed by atoms with van der Waals surface area (Å²) in [5.41, 5.74) is 0. The average Bonchev–Trinajstić information content (AvgIpc) is 2.19. The molecule has 1 aromatic heterocycles. The number of hydrogen-bond donors (Lipinski definition) is 0. The van der Waals surface area contributed by atoms with Gasteiger partial charge in [-0.3, -0.25) is 0 Å². The normalized spacial score (nSPS) is 9.62. The molecule has 1 aromatic rings. The zero-order valence-electron chi connectivity index (χ0n) is 4.83. The van der Waals surface area contributed by atoms with Gasteiger partial charge in [-0.1, -0.05) is 6.92 Å². The Morgan fingerprint density at radius 1 is 1.75 bits per heavy atom. The van der Waals surface area contributed by atoms with E-state index in [9.17, 15) is 0 Å². The van der Waals surface area contributed by atoms with Gasteiger partial charge < -0.3 is 4.57 Å². The third kappa shape index (κ3) is 1.05. The van der Waals surface area contributed by atoms with Gasteiger partial charge in [0, 0.05) is 6.54 Å². The van der Waals surface area contributed by atoms with Crippen LogP contribution in [0.3, 0.4) is 0 Å². The van der Waals surface area contributed by atoms with Gasteiger partial charge in [-0.05, 0) is 6.42 Å². The molecule has 0 saturated heterocycles. The van der Waals surface area contributed by atoms with Crippen LogP contribution in [0.25, 0.3) is 0 Å². The summed E-state index contributed by atoms with van der Waals surface area (Å²) < 4.78 is 1.83. The Labute approximate surface area is 48.4 Å². The predicted molar refractivity (Wildman–Crippen MR) is 29.1 cm³/mol. The molecule has 0 aliphatic heterocycles. The largest absolute Gasteiger partial charge is 0.311 e. The van der Waals surface area contributed by atoms with Crippen LogP contribution in [0.2, 0.25) is 0 Å². The first-order valence-corrected chi connectivity index (χ1v) is 2.69. The lowest BCUT2D eigenvalue weighted by Crippen LogP contribution is -1.91. The van der Waals surface area contributed by atoms with Gasteiger partial charge in [0.2, 0.25) is 6.33 Å². The molecule has 0 saturated carbocycles. The lowest BCUT2D eigenvalue weighted by molar-refractivity contribution is 0.672. The van der Waals surface area contributed by atoms with Crippen LogP contribution in [0.15, 0.2) is 6.33 Å². The molecule has 0 unspecified atom stereocenters. The van der Waals surface area contributed by atoms with Gasteiger partial charge in [0.15, 0.2) is 0 Å². The molecule has 43 valence electrons. The minimum Gasteiger partial charge on any atom is -0.311 e. The Morgan fingerprint density at radius 2 is 2.62 bits per heavy atom. The fourth-order valence-electron chi connectivity index (χ4n) is 0.546. The zero-order valence-corrected chi connectivity index (χ0v) is 4.83. The Bertz CT molecular complexity index is 133. The smallest absolute Gasteiger partial charge is 0.201 e. The molecular weight excluding hydrogens is 102 g/mol. The highest BCUT2D eigenvalue weighted by Gasteiger charge is 1.84. The molecule has 0 N–H and O–H groups in total. The molecule has 0 atom stereocenters. The van der Waals surface area contributed by atoms with Crippen LogP contribution < -0.4 is 0 Å². The van der Waals surface area contributed by atoms with Gasteiger partial charge in [-0.2, -0.15) is 0 Å². The molecule has 0 aliphatic rings. The molecule has 0 bridgehead atoms. The standard InChI is InChI=1S/C5H8N3/c1-2-3-8-4-6-7-5-8/h4H,2-3H2,1H3. The maximum absolute atomic E-state index is 3.60. The number of nitrogens with zero attached hydrogens (tertiary/aromatic N) is 3. The first-order chi connectivity index (χ1) is 3.93. The van der Waals surface area contributed by atoms with Crippen molar-refractivity contribution >= 4 is 0 Å². The maximum atomic E-state index is 3.60. The molecule has 3 heteroatoms. The molecule has 0 spiro atoms. The first kappa shape index (κ1) is 5.28. The van der Waals surface area contributed by atoms with E-state index in [1.54, 1.807) is 6.33 Å². The quantitative estimate of drug-likeness (QED) is 0.554. The van der Waals surface area contributed by atoms with Crippen LogP contribution in [0.1, 0.15) is 13.3 Å². The van der Waals surface area contributed by atoms with Crippen LogP contribution >= 0.6 is 0 Å². The molecular formula is C5H8N3. The molecule has 1 rings (SSSR count). The van der Waals surface area contributed by atoms with E-state index in [0.717, 1.165) is 13.0 Å². The number of aromatic nitrogens is 3. The van der Waals surface area contributed by atoms with Crippen molar-refractivity contribution in [3.8, 4) is 0 Å². The highest BCUT2D eigenvalue weighted by atomic mass is 15.2. The third-order valence-corrected chi connectivity index (χ3v) is 0.886. The van der Waals surface area contributed by atoms with E-state index in [1.807, 2.05) is 4.57 Å². The monoisotopic (exact) mass is 110 g/mol. The molecule has 0 amide bonds. The minimum atomic E-state index is 0.965. The van der Waals surface area contributed by atoms with Gasteiger partial charge in [0.1, 0.15) is 6.33 Å². The van der Waals surface area contributed by atoms with Crippen molar-refractivity contribution in [2.75, 3.05) is 0 Å². The summed E-state index contributed by atoms with van der Waals surface area (Å²) in [7, 11) is 0. The number of aryl methyl sites for hydroxylation is 1. The van der Waals surface area contributed by atoms with Crippen molar-refractivity contribution < 1.29 is 0 Å². The van der Waals surface area contributed by atoms with Crippen LogP contribution in [0.5, 0.6) is 0 Å². The molecule has 0 aromatic carbocycles. The van der Waals surface area contributed by atoms with Crippen molar-refractivity contribution in [2.24, 2.45) is 0 Å². The van der Waals surface area contributed by atoms with Gasteiger partial charge >= 0.3 is 0 Å². The summed E-state index contributed by atoms with van der Waals surface area (Å²) in [5, 5.41) is 7.13. The van der Waals surface area contributed by atoms with Crippen molar-refractivity contribution in [1.82, 2.24) is 14.8 Å². The second-order valence-corrected chi connectivity index (χ2v) is 1.62. The van der Waals surface area contributed by atoms with E-state index in [-0.39, 0.29) is 0 Å². The Balaban J connectivity index is 2.50. The highest BCUT2D eigenvalue weighted by molar-refractivity contribution is 4.55. The third-order valence-electron chi connectivity index (χ3n) is 0.886. The topological polar surface area (TPSA) is 30.7 Å². The zero-order chi connectivity index (χ0) is 5.82. The van der Waals surface area contributed by atoms with Crippen LogP contribution in [0.4, 0.5) is 0 Å². The van der Waals surface area contributed by atoms with E-state index >= 15 is 0 Å². The van der Waals surface area contributed by atoms with Crippen molar-refractivity contribution in [3.05, 3.63) is 12.7 Å². The molecule has 1 heterocycles. The lowest BCUT2D eigenvalue weighted by Gasteiger charge is -1.90. The summed E-state index contributed by atoms with van der Waals surface area (Å²) in [6, 6.07) is 0. The highest BCUT2D eigenvalue weighted by Crippen LogP contribution is 1.83. The number of rotatable bonds is 2. The second kappa shape index (κ2) is 2.45. The van der Waals surface area contributed by atoms with E-state index in [2.05, 4.69) is 23.4 Å². The SMILES string of the molecule is CCCn1[c]nnc1. The Hall–Kier alpha value is -0.860. The summed E-state index contributed by atoms with van der Waals surface area (Å²) in [4.78, 5) is 0. The summed E-state index contributed by atoms with van der Waals surface area (Å²) in [6.45, 7) is 3.07. The number of hydrogen-bond acceptors (Lipinski definition) is 2. The van der Waals surface area contributed by atoms with Gasteiger partial charge in [0.25, 0.3) is 0 Å². The molecule has 0 fully saturated rings. The van der Waals surface area contributed by atoms with Crippen LogP contribution in [-0.2, 0) is 6.54 Å². The molecule has 3 nitrogen and oxygen atoms in total. The molecule has 8 heavy (non-hydrogen) atoms. The van der Waals surface area contributed by atoms with Crippen molar-refractivity contribution in [2.45, 2.75) is 19.9 Å². The maximum Gasteiger partial charge on any atom is 0.201 e. The Kier molecular flexibility index (Phi) is 1.62. The lowest BCUT2D eigenvalue weighted by atomic mass is 10.5. The summed E-state index contributed by atoms with van der Waals surface area (Å²) in [5.74, 6) is 0. The van der Waals surface area contributed by atoms with E-state index < -0.39 is 0 Å². The average molecular weight is 110 g/mol. The van der Waals surface area contributed by atoms with Crippen LogP contribution in [0, 0.1) is 6.33 Å². The summed E-state index contributed by atoms with van der Waals surface area (Å²) in [6.07, 6.45) is 5.47. The fourth-order valence-corrected chi connectivity index (χ4v) is 0.546. The predicted octanol–water partition coefficient (Wildman–Crippen LogP) is 0.488. The van der Waals surface area contributed by atoms with Crippen LogP contribution in [-0.4, -0.2) is 14.8 Å². The van der Waals surface area contributed by atoms with Gasteiger partial charge in [0.05, 0.1) is 0 Å². The second-order valence-electron chi connectivity index (χ2n) is 1.62. The fraction of sp³-hybridized carbons (Fsp3) is 0.600. The van der Waals surface area contributed by atoms with E-state index in [4.69, 9.17) is 0 Å². The first-order valence-electron chi connectivity index (χ1n) is 2.69. The molecule has 0 aliphatic carbocycles.